The Kier molecular flexibility index (Phi) is 5.36. The highest BCUT2D eigenvalue weighted by molar-refractivity contribution is 5.92. The summed E-state index contributed by atoms with van der Waals surface area (Å²) >= 11 is 0. The van der Waals surface area contributed by atoms with Crippen LogP contribution in [0.5, 0.6) is 0 Å². The summed E-state index contributed by atoms with van der Waals surface area (Å²) in [6, 6.07) is -0.516. The number of rotatable bonds is 6. The fourth-order valence-electron chi connectivity index (χ4n) is 2.11. The lowest BCUT2D eigenvalue weighted by Crippen LogP contribution is -2.42. The minimum absolute atomic E-state index is 0.150. The standard InChI is InChI=1S/C14H19NO4/c1-5-9(2)10-6-7-11(18-3)12(14(17)19-4)13(10)15-8-16/h6-8,10,13H,2,5H2,1,3-4H3,(H,15,16). The van der Waals surface area contributed by atoms with E-state index in [1.807, 2.05) is 13.0 Å². The highest BCUT2D eigenvalue weighted by atomic mass is 16.5. The zero-order valence-corrected chi connectivity index (χ0v) is 11.4. The van der Waals surface area contributed by atoms with Crippen LogP contribution in [0.4, 0.5) is 0 Å². The molecule has 1 amide bonds. The minimum atomic E-state index is -0.519. The first kappa shape index (κ1) is 15.0. The summed E-state index contributed by atoms with van der Waals surface area (Å²) in [5.74, 6) is -0.274. The number of methoxy groups -OCH3 is 2. The van der Waals surface area contributed by atoms with E-state index in [0.29, 0.717) is 17.7 Å². The third-order valence-electron chi connectivity index (χ3n) is 3.19. The third kappa shape index (κ3) is 3.05. The highest BCUT2D eigenvalue weighted by Crippen LogP contribution is 2.30. The molecule has 2 atom stereocenters. The summed E-state index contributed by atoms with van der Waals surface area (Å²) in [6.07, 6.45) is 4.90. The van der Waals surface area contributed by atoms with Crippen LogP contribution >= 0.6 is 0 Å². The smallest absolute Gasteiger partial charge is 0.339 e. The second-order valence-electron chi connectivity index (χ2n) is 4.13. The topological polar surface area (TPSA) is 64.6 Å². The van der Waals surface area contributed by atoms with Gasteiger partial charge in [-0.3, -0.25) is 4.79 Å². The number of carbonyl (C=O) groups is 2. The van der Waals surface area contributed by atoms with Crippen LogP contribution in [0.25, 0.3) is 0 Å². The summed E-state index contributed by atoms with van der Waals surface area (Å²) in [4.78, 5) is 22.7. The van der Waals surface area contributed by atoms with Gasteiger partial charge in [-0.05, 0) is 12.5 Å². The lowest BCUT2D eigenvalue weighted by atomic mass is 9.82. The molecule has 0 bridgehead atoms. The van der Waals surface area contributed by atoms with Gasteiger partial charge >= 0.3 is 5.97 Å². The zero-order valence-electron chi connectivity index (χ0n) is 11.4. The zero-order chi connectivity index (χ0) is 14.4. The number of hydrogen-bond acceptors (Lipinski definition) is 4. The molecule has 0 aliphatic heterocycles. The van der Waals surface area contributed by atoms with Gasteiger partial charge in [0.2, 0.25) is 6.41 Å². The van der Waals surface area contributed by atoms with Gasteiger partial charge in [0.25, 0.3) is 0 Å². The molecule has 1 rings (SSSR count). The maximum absolute atomic E-state index is 11.9. The molecule has 0 heterocycles. The number of carbonyl (C=O) groups excluding carboxylic acids is 2. The summed E-state index contributed by atoms with van der Waals surface area (Å²) in [7, 11) is 2.76. The highest BCUT2D eigenvalue weighted by Gasteiger charge is 2.34. The van der Waals surface area contributed by atoms with Gasteiger partial charge in [-0.15, -0.1) is 0 Å². The number of esters is 1. The average molecular weight is 265 g/mol. The van der Waals surface area contributed by atoms with Gasteiger partial charge < -0.3 is 14.8 Å². The van der Waals surface area contributed by atoms with Gasteiger partial charge in [-0.1, -0.05) is 25.2 Å². The Balaban J connectivity index is 3.24. The molecule has 19 heavy (non-hydrogen) atoms. The van der Waals surface area contributed by atoms with Crippen LogP contribution in [0.2, 0.25) is 0 Å². The Morgan fingerprint density at radius 2 is 2.21 bits per heavy atom. The molecule has 0 saturated carbocycles. The van der Waals surface area contributed by atoms with Crippen molar-refractivity contribution in [1.82, 2.24) is 5.32 Å². The minimum Gasteiger partial charge on any atom is -0.496 e. The Morgan fingerprint density at radius 1 is 1.53 bits per heavy atom. The molecule has 2 unspecified atom stereocenters. The normalized spacial score (nSPS) is 21.8. The second kappa shape index (κ2) is 6.78. The Hall–Kier alpha value is -2.04. The molecule has 1 aliphatic carbocycles. The summed E-state index contributed by atoms with van der Waals surface area (Å²) in [5, 5.41) is 2.65. The van der Waals surface area contributed by atoms with E-state index in [1.54, 1.807) is 6.08 Å². The van der Waals surface area contributed by atoms with Crippen molar-refractivity contribution >= 4 is 12.4 Å². The van der Waals surface area contributed by atoms with Crippen molar-refractivity contribution < 1.29 is 19.1 Å². The molecule has 0 radical (unpaired) electrons. The van der Waals surface area contributed by atoms with Gasteiger partial charge in [0.1, 0.15) is 11.3 Å². The number of ether oxygens (including phenoxy) is 2. The molecule has 0 aromatic rings. The first-order valence-electron chi connectivity index (χ1n) is 6.02. The van der Waals surface area contributed by atoms with Crippen molar-refractivity contribution in [2.24, 2.45) is 5.92 Å². The Bertz CT molecular complexity index is 437. The summed E-state index contributed by atoms with van der Waals surface area (Å²) in [5.41, 5.74) is 1.23. The van der Waals surface area contributed by atoms with E-state index in [9.17, 15) is 9.59 Å². The molecule has 1 N–H and O–H groups in total. The van der Waals surface area contributed by atoms with Crippen molar-refractivity contribution in [3.63, 3.8) is 0 Å². The van der Waals surface area contributed by atoms with E-state index in [0.717, 1.165) is 12.0 Å². The Labute approximate surface area is 113 Å². The van der Waals surface area contributed by atoms with Gasteiger partial charge in [-0.25, -0.2) is 4.79 Å². The SMILES string of the molecule is C=C(CC)C1C=CC(OC)=C(C(=O)OC)C1NC=O. The first-order chi connectivity index (χ1) is 9.10. The molecule has 0 aromatic carbocycles. The average Bonchev–Trinajstić information content (AvgIpc) is 2.45. The predicted octanol–water partition coefficient (Wildman–Crippen LogP) is 1.33. The number of nitrogens with one attached hydrogen (secondary N) is 1. The maximum Gasteiger partial charge on any atom is 0.339 e. The van der Waals surface area contributed by atoms with Crippen molar-refractivity contribution in [2.45, 2.75) is 19.4 Å². The lowest BCUT2D eigenvalue weighted by molar-refractivity contribution is -0.136. The maximum atomic E-state index is 11.9. The third-order valence-corrected chi connectivity index (χ3v) is 3.19. The van der Waals surface area contributed by atoms with Crippen molar-refractivity contribution in [3.8, 4) is 0 Å². The van der Waals surface area contributed by atoms with Gasteiger partial charge in [0.05, 0.1) is 20.3 Å². The van der Waals surface area contributed by atoms with Gasteiger partial charge in [0, 0.05) is 5.92 Å². The molecule has 1 aliphatic rings. The molecule has 0 aromatic heterocycles. The molecule has 0 spiro atoms. The van der Waals surface area contributed by atoms with Crippen molar-refractivity contribution in [2.75, 3.05) is 14.2 Å². The summed E-state index contributed by atoms with van der Waals surface area (Å²) < 4.78 is 9.94. The monoisotopic (exact) mass is 265 g/mol. The van der Waals surface area contributed by atoms with Gasteiger partial charge in [-0.2, -0.15) is 0 Å². The molecule has 104 valence electrons. The van der Waals surface area contributed by atoms with E-state index in [1.165, 1.54) is 14.2 Å². The van der Waals surface area contributed by atoms with E-state index in [-0.39, 0.29) is 5.92 Å². The van der Waals surface area contributed by atoms with E-state index in [4.69, 9.17) is 9.47 Å². The van der Waals surface area contributed by atoms with Crippen molar-refractivity contribution in [3.05, 3.63) is 35.6 Å². The van der Waals surface area contributed by atoms with Crippen LogP contribution in [0.1, 0.15) is 13.3 Å². The van der Waals surface area contributed by atoms with E-state index in [2.05, 4.69) is 11.9 Å². The molecule has 0 saturated heterocycles. The van der Waals surface area contributed by atoms with Crippen LogP contribution < -0.4 is 5.32 Å². The quantitative estimate of drug-likeness (QED) is 0.447. The van der Waals surface area contributed by atoms with Crippen LogP contribution in [0, 0.1) is 5.92 Å². The predicted molar refractivity (Wildman–Crippen MR) is 71.1 cm³/mol. The first-order valence-corrected chi connectivity index (χ1v) is 6.02. The van der Waals surface area contributed by atoms with Crippen LogP contribution in [0.3, 0.4) is 0 Å². The summed E-state index contributed by atoms with van der Waals surface area (Å²) in [6.45, 7) is 5.95. The molecular formula is C14H19NO4. The van der Waals surface area contributed by atoms with E-state index >= 15 is 0 Å². The molecule has 0 fully saturated rings. The molecule has 5 heteroatoms. The van der Waals surface area contributed by atoms with Crippen LogP contribution in [-0.4, -0.2) is 32.6 Å². The van der Waals surface area contributed by atoms with Gasteiger partial charge in [0.15, 0.2) is 0 Å². The fraction of sp³-hybridized carbons (Fsp3) is 0.429. The second-order valence-corrected chi connectivity index (χ2v) is 4.13. The number of allylic oxidation sites excluding steroid dienone is 1. The fourth-order valence-corrected chi connectivity index (χ4v) is 2.11. The molecular weight excluding hydrogens is 246 g/mol. The lowest BCUT2D eigenvalue weighted by Gasteiger charge is -2.30. The molecule has 5 nitrogen and oxygen atoms in total. The Morgan fingerprint density at radius 3 is 2.68 bits per heavy atom. The van der Waals surface area contributed by atoms with E-state index < -0.39 is 12.0 Å². The van der Waals surface area contributed by atoms with Crippen molar-refractivity contribution in [1.29, 1.82) is 0 Å². The number of amides is 1. The number of hydrogen-bond donors (Lipinski definition) is 1. The van der Waals surface area contributed by atoms with Crippen LogP contribution in [-0.2, 0) is 19.1 Å². The van der Waals surface area contributed by atoms with Crippen LogP contribution in [0.15, 0.2) is 35.6 Å². The largest absolute Gasteiger partial charge is 0.496 e.